The third-order valence-electron chi connectivity index (χ3n) is 2.06. The van der Waals surface area contributed by atoms with Crippen molar-refractivity contribution >= 4 is 0 Å². The van der Waals surface area contributed by atoms with Crippen molar-refractivity contribution in [1.82, 2.24) is 0 Å². The standard InChI is InChI=1S/C11H15O2/c1-11(12-2,13-3)9-10-7-5-4-6-8-10/h4-8H,1,9H2,2-3H3. The van der Waals surface area contributed by atoms with Crippen LogP contribution in [0.3, 0.4) is 0 Å². The normalized spacial score (nSPS) is 11.6. The van der Waals surface area contributed by atoms with Crippen LogP contribution in [0.1, 0.15) is 5.56 Å². The Labute approximate surface area is 79.5 Å². The monoisotopic (exact) mass is 179 g/mol. The summed E-state index contributed by atoms with van der Waals surface area (Å²) in [6, 6.07) is 10.0. The van der Waals surface area contributed by atoms with Crippen molar-refractivity contribution in [2.45, 2.75) is 12.2 Å². The van der Waals surface area contributed by atoms with Crippen molar-refractivity contribution in [1.29, 1.82) is 0 Å². The van der Waals surface area contributed by atoms with Crippen LogP contribution in [0.5, 0.6) is 0 Å². The van der Waals surface area contributed by atoms with E-state index in [1.807, 2.05) is 30.3 Å². The van der Waals surface area contributed by atoms with E-state index in [0.29, 0.717) is 6.42 Å². The topological polar surface area (TPSA) is 18.5 Å². The molecule has 0 unspecified atom stereocenters. The Morgan fingerprint density at radius 3 is 2.15 bits per heavy atom. The zero-order valence-electron chi connectivity index (χ0n) is 8.12. The molecule has 0 N–H and O–H groups in total. The highest BCUT2D eigenvalue weighted by atomic mass is 16.7. The van der Waals surface area contributed by atoms with E-state index in [-0.39, 0.29) is 0 Å². The van der Waals surface area contributed by atoms with E-state index in [4.69, 9.17) is 9.47 Å². The lowest BCUT2D eigenvalue weighted by Crippen LogP contribution is -2.32. The second kappa shape index (κ2) is 4.40. The summed E-state index contributed by atoms with van der Waals surface area (Å²) in [5.41, 5.74) is 1.15. The van der Waals surface area contributed by atoms with Crippen LogP contribution in [-0.4, -0.2) is 20.0 Å². The number of hydrogen-bond acceptors (Lipinski definition) is 2. The van der Waals surface area contributed by atoms with Gasteiger partial charge in [0.15, 0.2) is 5.79 Å². The summed E-state index contributed by atoms with van der Waals surface area (Å²) < 4.78 is 10.3. The van der Waals surface area contributed by atoms with Gasteiger partial charge in [-0.3, -0.25) is 0 Å². The first kappa shape index (κ1) is 10.2. The molecule has 0 aliphatic heterocycles. The fourth-order valence-electron chi connectivity index (χ4n) is 1.13. The molecule has 2 nitrogen and oxygen atoms in total. The molecule has 0 atom stereocenters. The van der Waals surface area contributed by atoms with E-state index >= 15 is 0 Å². The summed E-state index contributed by atoms with van der Waals surface area (Å²) in [5, 5.41) is 0. The minimum absolute atomic E-state index is 0.654. The summed E-state index contributed by atoms with van der Waals surface area (Å²) in [7, 11) is 3.19. The Kier molecular flexibility index (Phi) is 3.46. The molecule has 0 saturated carbocycles. The molecule has 0 aliphatic rings. The van der Waals surface area contributed by atoms with E-state index in [9.17, 15) is 0 Å². The molecule has 13 heavy (non-hydrogen) atoms. The minimum atomic E-state index is -0.763. The van der Waals surface area contributed by atoms with Crippen molar-refractivity contribution in [3.8, 4) is 0 Å². The second-order valence-electron chi connectivity index (χ2n) is 2.98. The van der Waals surface area contributed by atoms with Crippen LogP contribution in [0.25, 0.3) is 0 Å². The van der Waals surface area contributed by atoms with Gasteiger partial charge in [0.05, 0.1) is 0 Å². The van der Waals surface area contributed by atoms with E-state index in [2.05, 4.69) is 6.92 Å². The first-order chi connectivity index (χ1) is 6.20. The maximum atomic E-state index is 5.16. The molecule has 0 amide bonds. The average Bonchev–Trinajstić information content (AvgIpc) is 2.19. The highest BCUT2D eigenvalue weighted by Gasteiger charge is 2.22. The summed E-state index contributed by atoms with van der Waals surface area (Å²) in [4.78, 5) is 0. The van der Waals surface area contributed by atoms with E-state index < -0.39 is 5.79 Å². The quantitative estimate of drug-likeness (QED) is 0.659. The number of methoxy groups -OCH3 is 2. The fraction of sp³-hybridized carbons (Fsp3) is 0.364. The van der Waals surface area contributed by atoms with Crippen LogP contribution in [0, 0.1) is 6.92 Å². The predicted molar refractivity (Wildman–Crippen MR) is 52.3 cm³/mol. The van der Waals surface area contributed by atoms with Gasteiger partial charge in [-0.25, -0.2) is 0 Å². The van der Waals surface area contributed by atoms with Gasteiger partial charge in [-0.05, 0) is 5.56 Å². The lowest BCUT2D eigenvalue weighted by molar-refractivity contribution is -0.171. The maximum absolute atomic E-state index is 5.16. The van der Waals surface area contributed by atoms with Crippen molar-refractivity contribution < 1.29 is 9.47 Å². The Morgan fingerprint density at radius 2 is 1.69 bits per heavy atom. The van der Waals surface area contributed by atoms with Gasteiger partial charge in [0.1, 0.15) is 0 Å². The highest BCUT2D eigenvalue weighted by molar-refractivity contribution is 5.16. The fourth-order valence-corrected chi connectivity index (χ4v) is 1.13. The Bertz CT molecular complexity index is 240. The van der Waals surface area contributed by atoms with Crippen molar-refractivity contribution in [3.05, 3.63) is 42.8 Å². The minimum Gasteiger partial charge on any atom is -0.353 e. The number of rotatable bonds is 4. The highest BCUT2D eigenvalue weighted by Crippen LogP contribution is 2.16. The average molecular weight is 179 g/mol. The molecule has 71 valence electrons. The molecule has 0 aromatic heterocycles. The van der Waals surface area contributed by atoms with Gasteiger partial charge < -0.3 is 9.47 Å². The predicted octanol–water partition coefficient (Wildman–Crippen LogP) is 2.05. The molecular weight excluding hydrogens is 164 g/mol. The molecular formula is C11H15O2. The summed E-state index contributed by atoms with van der Waals surface area (Å²) in [6.07, 6.45) is 0.654. The second-order valence-corrected chi connectivity index (χ2v) is 2.98. The lowest BCUT2D eigenvalue weighted by Gasteiger charge is -2.26. The Balaban J connectivity index is 2.68. The number of hydrogen-bond donors (Lipinski definition) is 0. The molecule has 1 aromatic carbocycles. The first-order valence-electron chi connectivity index (χ1n) is 4.20. The smallest absolute Gasteiger partial charge is 0.171 e. The van der Waals surface area contributed by atoms with Gasteiger partial charge in [-0.15, -0.1) is 0 Å². The van der Waals surface area contributed by atoms with Crippen molar-refractivity contribution in [2.75, 3.05) is 14.2 Å². The Morgan fingerprint density at radius 1 is 1.15 bits per heavy atom. The molecule has 2 heteroatoms. The zero-order chi connectivity index (χ0) is 9.73. The molecule has 1 rings (SSSR count). The lowest BCUT2D eigenvalue weighted by atomic mass is 10.1. The molecule has 0 spiro atoms. The Hall–Kier alpha value is -0.860. The van der Waals surface area contributed by atoms with Crippen molar-refractivity contribution in [2.24, 2.45) is 0 Å². The molecule has 1 radical (unpaired) electrons. The summed E-state index contributed by atoms with van der Waals surface area (Å²) in [6.45, 7) is 3.86. The molecule has 0 fully saturated rings. The van der Waals surface area contributed by atoms with Crippen LogP contribution < -0.4 is 0 Å². The van der Waals surface area contributed by atoms with Gasteiger partial charge in [0.25, 0.3) is 0 Å². The zero-order valence-corrected chi connectivity index (χ0v) is 8.12. The van der Waals surface area contributed by atoms with Gasteiger partial charge in [0.2, 0.25) is 0 Å². The first-order valence-corrected chi connectivity index (χ1v) is 4.20. The molecule has 0 aliphatic carbocycles. The van der Waals surface area contributed by atoms with Crippen molar-refractivity contribution in [3.63, 3.8) is 0 Å². The maximum Gasteiger partial charge on any atom is 0.171 e. The van der Waals surface area contributed by atoms with E-state index in [1.165, 1.54) is 0 Å². The van der Waals surface area contributed by atoms with Crippen LogP contribution in [-0.2, 0) is 15.9 Å². The molecule has 1 aromatic rings. The number of ether oxygens (including phenoxy) is 2. The van der Waals surface area contributed by atoms with Gasteiger partial charge in [-0.1, -0.05) is 30.3 Å². The summed E-state index contributed by atoms with van der Waals surface area (Å²) in [5.74, 6) is -0.763. The van der Waals surface area contributed by atoms with E-state index in [1.54, 1.807) is 14.2 Å². The van der Waals surface area contributed by atoms with Gasteiger partial charge in [0, 0.05) is 27.6 Å². The van der Waals surface area contributed by atoms with Crippen LogP contribution >= 0.6 is 0 Å². The summed E-state index contributed by atoms with van der Waals surface area (Å²) >= 11 is 0. The van der Waals surface area contributed by atoms with Crippen LogP contribution in [0.15, 0.2) is 30.3 Å². The van der Waals surface area contributed by atoms with Gasteiger partial charge in [-0.2, -0.15) is 0 Å². The third-order valence-corrected chi connectivity index (χ3v) is 2.06. The van der Waals surface area contributed by atoms with Crippen LogP contribution in [0.2, 0.25) is 0 Å². The molecule has 0 bridgehead atoms. The van der Waals surface area contributed by atoms with E-state index in [0.717, 1.165) is 5.56 Å². The SMILES string of the molecule is [CH2]C(Cc1ccccc1)(OC)OC. The molecule has 0 saturated heterocycles. The van der Waals surface area contributed by atoms with Gasteiger partial charge >= 0.3 is 0 Å². The van der Waals surface area contributed by atoms with Crippen LogP contribution in [0.4, 0.5) is 0 Å². The largest absolute Gasteiger partial charge is 0.353 e. The third kappa shape index (κ3) is 2.83. The molecule has 0 heterocycles. The number of benzene rings is 1.